The van der Waals surface area contributed by atoms with Gasteiger partial charge in [0.1, 0.15) is 16.9 Å². The van der Waals surface area contributed by atoms with Crippen LogP contribution in [0.25, 0.3) is 5.00 Å². The summed E-state index contributed by atoms with van der Waals surface area (Å²) in [5.74, 6) is 1.94. The van der Waals surface area contributed by atoms with Crippen molar-refractivity contribution in [2.45, 2.75) is 46.2 Å². The van der Waals surface area contributed by atoms with Crippen LogP contribution in [-0.4, -0.2) is 91.7 Å². The molecule has 2 saturated heterocycles. The first-order valence-corrected chi connectivity index (χ1v) is 16.7. The molecule has 3 aliphatic heterocycles. The third-order valence-corrected chi connectivity index (χ3v) is 10.4. The molecule has 0 saturated carbocycles. The lowest BCUT2D eigenvalue weighted by atomic mass is 9.99. The number of aryl methyl sites for hydroxylation is 2. The Balaban J connectivity index is 1.02. The van der Waals surface area contributed by atoms with Gasteiger partial charge in [-0.1, -0.05) is 23.7 Å². The number of thiophene rings is 1. The summed E-state index contributed by atoms with van der Waals surface area (Å²) in [4.78, 5) is 36.5. The molecule has 1 N–H and O–H groups in total. The van der Waals surface area contributed by atoms with E-state index in [1.165, 1.54) is 15.3 Å². The van der Waals surface area contributed by atoms with Gasteiger partial charge in [0.25, 0.3) is 0 Å². The standard InChI is InChI=1S/C32H35ClN10O2S/c1-19-20(2)46-31-28(19)29(22-4-6-23(33)7-5-22)34-25(30-39-36-21(3)43(30)31)10-12-40-14-16-41(17-15-40)18-24-8-9-26(38-37-24)42-13-11-27(44)35-32(42)45/h4-9,25H,10-18H2,1-3H3,(H,35,44,45)/t25-/m0/s1. The van der Waals surface area contributed by atoms with Gasteiger partial charge in [0.05, 0.1) is 11.4 Å². The van der Waals surface area contributed by atoms with E-state index in [9.17, 15) is 9.59 Å². The average molecular weight is 659 g/mol. The molecule has 1 aromatic carbocycles. The first-order chi connectivity index (χ1) is 22.2. The molecular weight excluding hydrogens is 624 g/mol. The summed E-state index contributed by atoms with van der Waals surface area (Å²) in [5, 5.41) is 21.9. The lowest BCUT2D eigenvalue weighted by Crippen LogP contribution is -2.50. The third-order valence-electron chi connectivity index (χ3n) is 8.96. The zero-order valence-corrected chi connectivity index (χ0v) is 27.6. The van der Waals surface area contributed by atoms with E-state index in [2.05, 4.69) is 66.1 Å². The first kappa shape index (κ1) is 30.6. The van der Waals surface area contributed by atoms with Gasteiger partial charge in [-0.15, -0.1) is 26.6 Å². The highest BCUT2D eigenvalue weighted by Crippen LogP contribution is 2.39. The molecule has 0 unspecified atom stereocenters. The molecule has 12 nitrogen and oxygen atoms in total. The van der Waals surface area contributed by atoms with Crippen molar-refractivity contribution < 1.29 is 9.59 Å². The Labute approximate surface area is 276 Å². The number of rotatable bonds is 7. The maximum absolute atomic E-state index is 12.1. The largest absolute Gasteiger partial charge is 0.329 e. The Bertz CT molecular complexity index is 1810. The number of imide groups is 1. The van der Waals surface area contributed by atoms with Gasteiger partial charge >= 0.3 is 6.03 Å². The highest BCUT2D eigenvalue weighted by atomic mass is 35.5. The summed E-state index contributed by atoms with van der Waals surface area (Å²) >= 11 is 8.03. The first-order valence-electron chi connectivity index (χ1n) is 15.5. The van der Waals surface area contributed by atoms with E-state index in [4.69, 9.17) is 16.6 Å². The van der Waals surface area contributed by atoms with E-state index < -0.39 is 6.03 Å². The number of anilines is 1. The van der Waals surface area contributed by atoms with Gasteiger partial charge in [-0.2, -0.15) is 5.10 Å². The zero-order valence-electron chi connectivity index (χ0n) is 26.0. The van der Waals surface area contributed by atoms with E-state index in [0.29, 0.717) is 23.9 Å². The fourth-order valence-corrected chi connectivity index (χ4v) is 7.60. The number of nitrogens with zero attached hydrogens (tertiary/aromatic N) is 9. The molecule has 0 spiro atoms. The van der Waals surface area contributed by atoms with Crippen LogP contribution in [0.3, 0.4) is 0 Å². The maximum Gasteiger partial charge on any atom is 0.329 e. The number of urea groups is 1. The summed E-state index contributed by atoms with van der Waals surface area (Å²) in [6.45, 7) is 11.9. The van der Waals surface area contributed by atoms with Crippen LogP contribution in [0.1, 0.15) is 57.8 Å². The Morgan fingerprint density at radius 2 is 1.67 bits per heavy atom. The molecule has 0 aliphatic carbocycles. The Hall–Kier alpha value is -4.04. The number of aromatic nitrogens is 5. The second kappa shape index (κ2) is 12.6. The van der Waals surface area contributed by atoms with Gasteiger partial charge in [0.2, 0.25) is 5.91 Å². The maximum atomic E-state index is 12.1. The zero-order chi connectivity index (χ0) is 31.9. The predicted octanol–water partition coefficient (Wildman–Crippen LogP) is 4.24. The number of piperazine rings is 1. The fourth-order valence-electron chi connectivity index (χ4n) is 6.26. The molecule has 1 atom stereocenters. The summed E-state index contributed by atoms with van der Waals surface area (Å²) in [7, 11) is 0. The molecule has 2 fully saturated rings. The highest BCUT2D eigenvalue weighted by molar-refractivity contribution is 7.15. The van der Waals surface area contributed by atoms with Gasteiger partial charge in [0.15, 0.2) is 11.6 Å². The molecule has 7 rings (SSSR count). The van der Waals surface area contributed by atoms with Crippen LogP contribution in [0.4, 0.5) is 10.6 Å². The van der Waals surface area contributed by atoms with Gasteiger partial charge in [-0.3, -0.25) is 29.5 Å². The third kappa shape index (κ3) is 5.95. The van der Waals surface area contributed by atoms with Crippen LogP contribution in [-0.2, 0) is 11.3 Å². The second-order valence-corrected chi connectivity index (χ2v) is 13.6. The smallest absolute Gasteiger partial charge is 0.301 e. The number of benzene rings is 1. The number of hydrogen-bond acceptors (Lipinski definition) is 10. The van der Waals surface area contributed by atoms with Crippen molar-refractivity contribution in [1.82, 2.24) is 40.1 Å². The Kier molecular flexibility index (Phi) is 8.40. The molecule has 6 heterocycles. The Morgan fingerprint density at radius 3 is 2.39 bits per heavy atom. The summed E-state index contributed by atoms with van der Waals surface area (Å²) < 4.78 is 2.21. The van der Waals surface area contributed by atoms with E-state index in [-0.39, 0.29) is 18.4 Å². The molecule has 238 valence electrons. The van der Waals surface area contributed by atoms with Crippen LogP contribution < -0.4 is 10.2 Å². The van der Waals surface area contributed by atoms with Crippen molar-refractivity contribution >= 4 is 46.4 Å². The number of aliphatic imine (C=N–C) groups is 1. The van der Waals surface area contributed by atoms with Crippen molar-refractivity contribution in [3.63, 3.8) is 0 Å². The van der Waals surface area contributed by atoms with Gasteiger partial charge in [0, 0.05) is 73.3 Å². The van der Waals surface area contributed by atoms with Crippen molar-refractivity contribution in [2.75, 3.05) is 44.2 Å². The molecule has 0 bridgehead atoms. The van der Waals surface area contributed by atoms with Gasteiger partial charge < -0.3 is 4.90 Å². The summed E-state index contributed by atoms with van der Waals surface area (Å²) in [5.41, 5.74) is 5.26. The predicted molar refractivity (Wildman–Crippen MR) is 177 cm³/mol. The van der Waals surface area contributed by atoms with E-state index >= 15 is 0 Å². The SMILES string of the molecule is Cc1sc2c(c1C)C(c1ccc(Cl)cc1)=N[C@@H](CCN1CCN(Cc3ccc(N4CCC(=O)NC4=O)nn3)CC1)c1nnc(C)n1-2. The number of carbonyl (C=O) groups is 2. The molecule has 3 amide bonds. The number of carbonyl (C=O) groups excluding carboxylic acids is 2. The van der Waals surface area contributed by atoms with Crippen molar-refractivity contribution in [1.29, 1.82) is 0 Å². The van der Waals surface area contributed by atoms with Crippen LogP contribution in [0.5, 0.6) is 0 Å². The monoisotopic (exact) mass is 658 g/mol. The van der Waals surface area contributed by atoms with Gasteiger partial charge in [-0.05, 0) is 57.0 Å². The normalized spacial score (nSPS) is 19.0. The van der Waals surface area contributed by atoms with E-state index in [0.717, 1.165) is 78.3 Å². The van der Waals surface area contributed by atoms with Crippen molar-refractivity contribution in [3.05, 3.63) is 80.3 Å². The molecule has 0 radical (unpaired) electrons. The van der Waals surface area contributed by atoms with Gasteiger partial charge in [-0.25, -0.2) is 4.79 Å². The van der Waals surface area contributed by atoms with E-state index in [1.807, 2.05) is 25.1 Å². The van der Waals surface area contributed by atoms with Crippen molar-refractivity contribution in [3.8, 4) is 5.00 Å². The fraction of sp³-hybridized carbons (Fsp3) is 0.406. The lowest BCUT2D eigenvalue weighted by molar-refractivity contribution is -0.120. The topological polar surface area (TPSA) is 125 Å². The molecule has 3 aromatic heterocycles. The summed E-state index contributed by atoms with van der Waals surface area (Å²) in [6, 6.07) is 11.1. The van der Waals surface area contributed by atoms with Crippen molar-refractivity contribution in [2.24, 2.45) is 4.99 Å². The minimum Gasteiger partial charge on any atom is -0.301 e. The lowest BCUT2D eigenvalue weighted by Gasteiger charge is -2.34. The summed E-state index contributed by atoms with van der Waals surface area (Å²) in [6.07, 6.45) is 1.08. The minimum atomic E-state index is -0.457. The number of hydrogen-bond donors (Lipinski definition) is 1. The molecular formula is C32H35ClN10O2S. The molecule has 14 heteroatoms. The quantitative estimate of drug-likeness (QED) is 0.313. The minimum absolute atomic E-state index is 0.141. The molecule has 3 aliphatic rings. The van der Waals surface area contributed by atoms with Crippen LogP contribution >= 0.6 is 22.9 Å². The number of amides is 3. The Morgan fingerprint density at radius 1 is 0.913 bits per heavy atom. The highest BCUT2D eigenvalue weighted by Gasteiger charge is 2.32. The molecule has 46 heavy (non-hydrogen) atoms. The number of fused-ring (bicyclic) bond motifs is 3. The number of nitrogens with one attached hydrogen (secondary N) is 1. The van der Waals surface area contributed by atoms with Crippen LogP contribution in [0.15, 0.2) is 41.4 Å². The molecule has 4 aromatic rings. The number of halogens is 1. The van der Waals surface area contributed by atoms with E-state index in [1.54, 1.807) is 17.4 Å². The second-order valence-electron chi connectivity index (χ2n) is 11.9. The average Bonchev–Trinajstić information content (AvgIpc) is 3.52. The van der Waals surface area contributed by atoms with Crippen LogP contribution in [0, 0.1) is 20.8 Å². The van der Waals surface area contributed by atoms with Crippen LogP contribution in [0.2, 0.25) is 5.02 Å².